The Morgan fingerprint density at radius 2 is 1.96 bits per heavy atom. The van der Waals surface area contributed by atoms with E-state index in [1.54, 1.807) is 0 Å². The van der Waals surface area contributed by atoms with Gasteiger partial charge in [0, 0.05) is 18.7 Å². The molecule has 2 aliphatic heterocycles. The molecular weight excluding hydrogens is 322 g/mol. The third-order valence-corrected chi connectivity index (χ3v) is 5.62. The van der Waals surface area contributed by atoms with Crippen LogP contribution < -0.4 is 9.47 Å². The molecule has 0 radical (unpaired) electrons. The first-order valence-corrected chi connectivity index (χ1v) is 9.21. The maximum atomic E-state index is 12.7. The molecule has 0 aromatic heterocycles. The second kappa shape index (κ2) is 6.77. The molecule has 4 rings (SSSR count). The molecule has 1 fully saturated rings. The van der Waals surface area contributed by atoms with Gasteiger partial charge in [-0.25, -0.2) is 0 Å². The van der Waals surface area contributed by atoms with Crippen LogP contribution in [0.15, 0.2) is 48.5 Å². The first kappa shape index (κ1) is 15.4. The van der Waals surface area contributed by atoms with Gasteiger partial charge < -0.3 is 14.4 Å². The fraction of sp³-hybridized carbons (Fsp3) is 0.316. The van der Waals surface area contributed by atoms with E-state index in [0.29, 0.717) is 6.42 Å². The largest absolute Gasteiger partial charge is 0.454 e. The standard InChI is InChI=1S/C19H19NO3S/c21-18(9-6-14-4-2-1-3-5-14)20-10-11-24-19(20)15-7-8-16-17(12-15)23-13-22-16/h1-5,7-8,12,19H,6,9-11,13H2/t19-/m1/s1. The van der Waals surface area contributed by atoms with E-state index in [1.807, 2.05) is 53.1 Å². The Bertz CT molecular complexity index is 735. The number of carbonyl (C=O) groups excluding carboxylic acids is 1. The molecule has 1 atom stereocenters. The van der Waals surface area contributed by atoms with E-state index >= 15 is 0 Å². The topological polar surface area (TPSA) is 38.8 Å². The Morgan fingerprint density at radius 3 is 2.83 bits per heavy atom. The molecule has 2 aliphatic rings. The lowest BCUT2D eigenvalue weighted by atomic mass is 10.1. The number of ether oxygens (including phenoxy) is 2. The summed E-state index contributed by atoms with van der Waals surface area (Å²) in [6, 6.07) is 16.1. The number of rotatable bonds is 4. The summed E-state index contributed by atoms with van der Waals surface area (Å²) < 4.78 is 10.8. The van der Waals surface area contributed by atoms with Gasteiger partial charge in [0.25, 0.3) is 0 Å². The first-order valence-electron chi connectivity index (χ1n) is 8.16. The number of amides is 1. The van der Waals surface area contributed by atoms with E-state index in [1.165, 1.54) is 5.56 Å². The molecule has 2 aromatic carbocycles. The number of hydrogen-bond donors (Lipinski definition) is 0. The molecule has 1 saturated heterocycles. The van der Waals surface area contributed by atoms with Crippen LogP contribution in [-0.4, -0.2) is 29.9 Å². The second-order valence-electron chi connectivity index (χ2n) is 5.91. The average Bonchev–Trinajstić information content (AvgIpc) is 3.28. The summed E-state index contributed by atoms with van der Waals surface area (Å²) in [7, 11) is 0. The minimum absolute atomic E-state index is 0.0720. The number of benzene rings is 2. The van der Waals surface area contributed by atoms with Crippen LogP contribution in [0.3, 0.4) is 0 Å². The van der Waals surface area contributed by atoms with Crippen LogP contribution in [-0.2, 0) is 11.2 Å². The van der Waals surface area contributed by atoms with Gasteiger partial charge in [-0.3, -0.25) is 4.79 Å². The van der Waals surface area contributed by atoms with Crippen molar-refractivity contribution >= 4 is 17.7 Å². The van der Waals surface area contributed by atoms with Crippen molar-refractivity contribution in [2.45, 2.75) is 18.2 Å². The normalized spacial score (nSPS) is 18.8. The molecule has 24 heavy (non-hydrogen) atoms. The van der Waals surface area contributed by atoms with Crippen LogP contribution in [0, 0.1) is 0 Å². The molecule has 0 spiro atoms. The smallest absolute Gasteiger partial charge is 0.231 e. The van der Waals surface area contributed by atoms with E-state index in [9.17, 15) is 4.79 Å². The molecule has 124 valence electrons. The van der Waals surface area contributed by atoms with Crippen molar-refractivity contribution in [3.8, 4) is 11.5 Å². The number of hydrogen-bond acceptors (Lipinski definition) is 4. The summed E-state index contributed by atoms with van der Waals surface area (Å²) in [6.07, 6.45) is 1.33. The van der Waals surface area contributed by atoms with Gasteiger partial charge >= 0.3 is 0 Å². The van der Waals surface area contributed by atoms with E-state index in [-0.39, 0.29) is 18.1 Å². The van der Waals surface area contributed by atoms with Crippen LogP contribution in [0.5, 0.6) is 11.5 Å². The van der Waals surface area contributed by atoms with Crippen LogP contribution in [0.4, 0.5) is 0 Å². The highest BCUT2D eigenvalue weighted by Crippen LogP contribution is 2.42. The minimum Gasteiger partial charge on any atom is -0.454 e. The molecular formula is C19H19NO3S. The van der Waals surface area contributed by atoms with Crippen molar-refractivity contribution in [3.05, 3.63) is 59.7 Å². The Labute approximate surface area is 145 Å². The maximum absolute atomic E-state index is 12.7. The summed E-state index contributed by atoms with van der Waals surface area (Å²) in [4.78, 5) is 14.7. The summed E-state index contributed by atoms with van der Waals surface area (Å²) >= 11 is 1.81. The van der Waals surface area contributed by atoms with Crippen molar-refractivity contribution in [1.82, 2.24) is 4.90 Å². The highest BCUT2D eigenvalue weighted by Gasteiger charge is 2.31. The van der Waals surface area contributed by atoms with Gasteiger partial charge in [-0.15, -0.1) is 11.8 Å². The van der Waals surface area contributed by atoms with Gasteiger partial charge in [0.15, 0.2) is 11.5 Å². The molecule has 4 nitrogen and oxygen atoms in total. The molecule has 0 saturated carbocycles. The molecule has 0 bridgehead atoms. The molecule has 0 aliphatic carbocycles. The van der Waals surface area contributed by atoms with Crippen LogP contribution >= 0.6 is 11.8 Å². The van der Waals surface area contributed by atoms with E-state index in [2.05, 4.69) is 12.1 Å². The Morgan fingerprint density at radius 1 is 1.12 bits per heavy atom. The zero-order chi connectivity index (χ0) is 16.4. The predicted molar refractivity (Wildman–Crippen MR) is 94.2 cm³/mol. The first-order chi connectivity index (χ1) is 11.8. The maximum Gasteiger partial charge on any atom is 0.231 e. The molecule has 1 amide bonds. The second-order valence-corrected chi connectivity index (χ2v) is 7.10. The van der Waals surface area contributed by atoms with Gasteiger partial charge in [0.2, 0.25) is 12.7 Å². The highest BCUT2D eigenvalue weighted by molar-refractivity contribution is 7.99. The summed E-state index contributed by atoms with van der Waals surface area (Å²) in [5.41, 5.74) is 2.31. The SMILES string of the molecule is O=C(CCc1ccccc1)N1CCS[C@@H]1c1ccc2c(c1)OCO2. The van der Waals surface area contributed by atoms with Gasteiger partial charge in [-0.05, 0) is 29.7 Å². The molecule has 2 aromatic rings. The van der Waals surface area contributed by atoms with E-state index in [4.69, 9.17) is 9.47 Å². The number of fused-ring (bicyclic) bond motifs is 1. The average molecular weight is 341 g/mol. The lowest BCUT2D eigenvalue weighted by molar-refractivity contribution is -0.131. The zero-order valence-corrected chi connectivity index (χ0v) is 14.1. The summed E-state index contributed by atoms with van der Waals surface area (Å²) in [5.74, 6) is 2.74. The van der Waals surface area contributed by atoms with Crippen molar-refractivity contribution in [3.63, 3.8) is 0 Å². The van der Waals surface area contributed by atoms with Crippen LogP contribution in [0.25, 0.3) is 0 Å². The van der Waals surface area contributed by atoms with Crippen molar-refractivity contribution < 1.29 is 14.3 Å². The van der Waals surface area contributed by atoms with Crippen molar-refractivity contribution in [2.75, 3.05) is 19.1 Å². The Hall–Kier alpha value is -2.14. The quantitative estimate of drug-likeness (QED) is 0.851. The third-order valence-electron chi connectivity index (χ3n) is 4.36. The van der Waals surface area contributed by atoms with E-state index in [0.717, 1.165) is 35.8 Å². The Kier molecular flexibility index (Phi) is 4.34. The van der Waals surface area contributed by atoms with Crippen molar-refractivity contribution in [2.24, 2.45) is 0 Å². The highest BCUT2D eigenvalue weighted by atomic mass is 32.2. The lowest BCUT2D eigenvalue weighted by Crippen LogP contribution is -2.30. The Balaban J connectivity index is 1.45. The third kappa shape index (κ3) is 3.08. The molecule has 5 heteroatoms. The molecule has 2 heterocycles. The number of thioether (sulfide) groups is 1. The lowest BCUT2D eigenvalue weighted by Gasteiger charge is -2.24. The summed E-state index contributed by atoms with van der Waals surface area (Å²) in [5, 5.41) is 0.0720. The fourth-order valence-electron chi connectivity index (χ4n) is 3.11. The fourth-order valence-corrected chi connectivity index (χ4v) is 4.38. The van der Waals surface area contributed by atoms with Gasteiger partial charge in [-0.1, -0.05) is 36.4 Å². The summed E-state index contributed by atoms with van der Waals surface area (Å²) in [6.45, 7) is 1.08. The number of carbonyl (C=O) groups is 1. The minimum atomic E-state index is 0.0720. The number of aryl methyl sites for hydroxylation is 1. The van der Waals surface area contributed by atoms with Gasteiger partial charge in [-0.2, -0.15) is 0 Å². The predicted octanol–water partition coefficient (Wildman–Crippen LogP) is 3.62. The number of nitrogens with zero attached hydrogens (tertiary/aromatic N) is 1. The van der Waals surface area contributed by atoms with Gasteiger partial charge in [0.05, 0.1) is 0 Å². The van der Waals surface area contributed by atoms with Crippen LogP contribution in [0.1, 0.15) is 22.9 Å². The monoisotopic (exact) mass is 341 g/mol. The molecule has 0 unspecified atom stereocenters. The van der Waals surface area contributed by atoms with Gasteiger partial charge in [0.1, 0.15) is 5.37 Å². The van der Waals surface area contributed by atoms with Crippen LogP contribution in [0.2, 0.25) is 0 Å². The van der Waals surface area contributed by atoms with Crippen molar-refractivity contribution in [1.29, 1.82) is 0 Å². The van der Waals surface area contributed by atoms with E-state index < -0.39 is 0 Å². The molecule has 0 N–H and O–H groups in total. The zero-order valence-electron chi connectivity index (χ0n) is 13.3.